The Morgan fingerprint density at radius 3 is 1.35 bits per heavy atom. The highest BCUT2D eigenvalue weighted by Gasteiger charge is 2.41. The minimum absolute atomic E-state index is 0.489. The van der Waals surface area contributed by atoms with Crippen LogP contribution < -0.4 is 11.1 Å². The Bertz CT molecular complexity index is 778. The molecule has 0 saturated heterocycles. The van der Waals surface area contributed by atoms with E-state index in [0.29, 0.717) is 9.36 Å². The minimum Gasteiger partial charge on any atom is -0.291 e. The summed E-state index contributed by atoms with van der Waals surface area (Å²) in [4.78, 5) is 23.5. The van der Waals surface area contributed by atoms with Gasteiger partial charge < -0.3 is 0 Å². The fraction of sp³-hybridized carbons (Fsp3) is 0.455. The zero-order valence-electron chi connectivity index (χ0n) is 11.7. The van der Waals surface area contributed by atoms with E-state index in [2.05, 4.69) is 0 Å². The molecule has 0 aliphatic rings. The molecule has 0 bridgehead atoms. The Hall–Kier alpha value is -2.40. The second kappa shape index (κ2) is 5.06. The molecule has 0 aromatic carbocycles. The molecule has 2 rings (SSSR count). The predicted octanol–water partition coefficient (Wildman–Crippen LogP) is 1.37. The average molecular weight is 344 g/mol. The molecule has 0 amide bonds. The molecule has 0 radical (unpaired) electrons. The fourth-order valence-corrected chi connectivity index (χ4v) is 2.16. The van der Waals surface area contributed by atoms with E-state index in [0.717, 1.165) is 14.1 Å². The van der Waals surface area contributed by atoms with Gasteiger partial charge in [0.1, 0.15) is 11.4 Å². The number of alkyl halides is 6. The molecule has 0 aliphatic carbocycles. The van der Waals surface area contributed by atoms with Gasteiger partial charge in [0.25, 0.3) is 11.1 Å². The highest BCUT2D eigenvalue weighted by atomic mass is 19.4. The Labute approximate surface area is 123 Å². The van der Waals surface area contributed by atoms with Gasteiger partial charge in [0.15, 0.2) is 0 Å². The highest BCUT2D eigenvalue weighted by molar-refractivity contribution is 5.31. The lowest BCUT2D eigenvalue weighted by Gasteiger charge is -2.08. The number of nitrogens with zero attached hydrogens (tertiary/aromatic N) is 2. The van der Waals surface area contributed by atoms with Crippen LogP contribution in [-0.4, -0.2) is 19.6 Å². The first-order chi connectivity index (χ1) is 10.3. The number of halogens is 6. The monoisotopic (exact) mass is 344 g/mol. The van der Waals surface area contributed by atoms with Crippen LogP contribution in [0, 0.1) is 0 Å². The molecule has 0 atom stereocenters. The maximum absolute atomic E-state index is 12.9. The molecule has 2 heterocycles. The normalized spacial score (nSPS) is 12.9. The Kier molecular flexibility index (Phi) is 3.73. The summed E-state index contributed by atoms with van der Waals surface area (Å²) >= 11 is 0. The average Bonchev–Trinajstić information content (AvgIpc) is 2.83. The van der Waals surface area contributed by atoms with Crippen molar-refractivity contribution in [3.8, 4) is 0 Å². The molecule has 12 heteroatoms. The van der Waals surface area contributed by atoms with E-state index >= 15 is 0 Å². The van der Waals surface area contributed by atoms with Crippen molar-refractivity contribution in [2.45, 2.75) is 18.8 Å². The maximum atomic E-state index is 12.9. The second-order valence-electron chi connectivity index (χ2n) is 4.83. The first-order valence-electron chi connectivity index (χ1n) is 6.04. The SMILES string of the molecule is Cn1[nH]c(C(F)(F)F)c(Cc2c(C(F)(F)F)[nH]n(C)c2=O)c1=O. The lowest BCUT2D eigenvalue weighted by atomic mass is 10.1. The number of hydrogen-bond acceptors (Lipinski definition) is 2. The molecular formula is C11H10F6N4O2. The standard InChI is InChI=1S/C11H10F6N4O2/c1-20-8(22)4(6(18-20)10(12,13)14)3-5-7(11(15,16)17)19-21(2)9(5)23/h18-19H,3H2,1-2H3. The van der Waals surface area contributed by atoms with E-state index < -0.39 is 52.4 Å². The van der Waals surface area contributed by atoms with Gasteiger partial charge in [-0.05, 0) is 0 Å². The quantitative estimate of drug-likeness (QED) is 0.808. The molecule has 0 saturated carbocycles. The van der Waals surface area contributed by atoms with Crippen LogP contribution in [0.15, 0.2) is 9.59 Å². The van der Waals surface area contributed by atoms with E-state index in [9.17, 15) is 35.9 Å². The van der Waals surface area contributed by atoms with Crippen molar-refractivity contribution in [1.29, 1.82) is 0 Å². The van der Waals surface area contributed by atoms with Gasteiger partial charge in [-0.15, -0.1) is 0 Å². The van der Waals surface area contributed by atoms with Crippen LogP contribution in [0.3, 0.4) is 0 Å². The summed E-state index contributed by atoms with van der Waals surface area (Å²) < 4.78 is 78.3. The Balaban J connectivity index is 2.67. The van der Waals surface area contributed by atoms with Crippen molar-refractivity contribution in [1.82, 2.24) is 19.6 Å². The van der Waals surface area contributed by atoms with E-state index in [4.69, 9.17) is 0 Å². The van der Waals surface area contributed by atoms with Crippen molar-refractivity contribution < 1.29 is 26.3 Å². The largest absolute Gasteiger partial charge is 0.433 e. The summed E-state index contributed by atoms with van der Waals surface area (Å²) in [7, 11) is 1.97. The Morgan fingerprint density at radius 1 is 0.783 bits per heavy atom. The number of H-pyrrole nitrogens is 2. The molecule has 0 unspecified atom stereocenters. The van der Waals surface area contributed by atoms with E-state index in [1.807, 2.05) is 0 Å². The van der Waals surface area contributed by atoms with Crippen molar-refractivity contribution in [2.24, 2.45) is 14.1 Å². The zero-order chi connectivity index (χ0) is 17.7. The lowest BCUT2D eigenvalue weighted by molar-refractivity contribution is -0.142. The molecule has 0 spiro atoms. The van der Waals surface area contributed by atoms with Gasteiger partial charge in [-0.3, -0.25) is 29.2 Å². The number of rotatable bonds is 2. The van der Waals surface area contributed by atoms with Crippen molar-refractivity contribution >= 4 is 0 Å². The third-order valence-corrected chi connectivity index (χ3v) is 3.21. The van der Waals surface area contributed by atoms with Crippen molar-refractivity contribution in [3.05, 3.63) is 43.2 Å². The smallest absolute Gasteiger partial charge is 0.291 e. The highest BCUT2D eigenvalue weighted by Crippen LogP contribution is 2.33. The molecule has 128 valence electrons. The molecule has 2 N–H and O–H groups in total. The zero-order valence-corrected chi connectivity index (χ0v) is 11.7. The van der Waals surface area contributed by atoms with Crippen LogP contribution in [0.1, 0.15) is 22.5 Å². The van der Waals surface area contributed by atoms with E-state index in [1.165, 1.54) is 0 Å². The fourth-order valence-electron chi connectivity index (χ4n) is 2.16. The van der Waals surface area contributed by atoms with Crippen LogP contribution in [0.5, 0.6) is 0 Å². The summed E-state index contributed by atoms with van der Waals surface area (Å²) in [5, 5.41) is 3.47. The molecule has 23 heavy (non-hydrogen) atoms. The first-order valence-corrected chi connectivity index (χ1v) is 6.04. The summed E-state index contributed by atoms with van der Waals surface area (Å²) in [5.41, 5.74) is -7.20. The van der Waals surface area contributed by atoms with E-state index in [-0.39, 0.29) is 0 Å². The first kappa shape index (κ1) is 17.0. The molecule has 0 aliphatic heterocycles. The topological polar surface area (TPSA) is 75.6 Å². The Morgan fingerprint density at radius 2 is 1.09 bits per heavy atom. The van der Waals surface area contributed by atoms with Crippen LogP contribution >= 0.6 is 0 Å². The van der Waals surface area contributed by atoms with Gasteiger partial charge in [-0.25, -0.2) is 0 Å². The van der Waals surface area contributed by atoms with Crippen LogP contribution in [-0.2, 0) is 32.9 Å². The molecule has 6 nitrogen and oxygen atoms in total. The lowest BCUT2D eigenvalue weighted by Crippen LogP contribution is -2.22. The third-order valence-electron chi connectivity index (χ3n) is 3.21. The van der Waals surface area contributed by atoms with Gasteiger partial charge in [-0.1, -0.05) is 0 Å². The van der Waals surface area contributed by atoms with Gasteiger partial charge >= 0.3 is 12.4 Å². The van der Waals surface area contributed by atoms with Crippen molar-refractivity contribution in [2.75, 3.05) is 0 Å². The van der Waals surface area contributed by atoms with Gasteiger partial charge in [0, 0.05) is 20.5 Å². The molecular weight excluding hydrogens is 334 g/mol. The van der Waals surface area contributed by atoms with Crippen LogP contribution in [0.2, 0.25) is 0 Å². The van der Waals surface area contributed by atoms with Gasteiger partial charge in [0.05, 0.1) is 11.1 Å². The predicted molar refractivity (Wildman–Crippen MR) is 64.9 cm³/mol. The number of hydrogen-bond donors (Lipinski definition) is 2. The molecule has 2 aromatic rings. The summed E-state index contributed by atoms with van der Waals surface area (Å²) in [6, 6.07) is 0. The number of aromatic nitrogens is 4. The third kappa shape index (κ3) is 2.92. The number of nitrogens with one attached hydrogen (secondary N) is 2. The van der Waals surface area contributed by atoms with Gasteiger partial charge in [-0.2, -0.15) is 26.3 Å². The summed E-state index contributed by atoms with van der Waals surface area (Å²) in [6.45, 7) is 0. The molecule has 0 fully saturated rings. The van der Waals surface area contributed by atoms with Gasteiger partial charge in [0.2, 0.25) is 0 Å². The van der Waals surface area contributed by atoms with E-state index in [1.54, 1.807) is 10.2 Å². The maximum Gasteiger partial charge on any atom is 0.433 e. The summed E-state index contributed by atoms with van der Waals surface area (Å²) in [5.74, 6) is 0. The number of aromatic amines is 2. The van der Waals surface area contributed by atoms with Crippen molar-refractivity contribution in [3.63, 3.8) is 0 Å². The second-order valence-corrected chi connectivity index (χ2v) is 4.83. The van der Waals surface area contributed by atoms with Crippen LogP contribution in [0.25, 0.3) is 0 Å². The minimum atomic E-state index is -4.98. The van der Waals surface area contributed by atoms with Crippen LogP contribution in [0.4, 0.5) is 26.3 Å². The molecule has 2 aromatic heterocycles. The summed E-state index contributed by atoms with van der Waals surface area (Å²) in [6.07, 6.45) is -11.1. The number of aryl methyl sites for hydroxylation is 2.